The van der Waals surface area contributed by atoms with Crippen LogP contribution in [0.25, 0.3) is 0 Å². The fraction of sp³-hybridized carbons (Fsp3) is 0.625. The fourth-order valence-electron chi connectivity index (χ4n) is 2.26. The van der Waals surface area contributed by atoms with Crippen LogP contribution in [0, 0.1) is 0 Å². The quantitative estimate of drug-likeness (QED) is 0.499. The molecule has 0 fully saturated rings. The average molecular weight is 406 g/mol. The highest BCUT2D eigenvalue weighted by Crippen LogP contribution is 2.49. The molecule has 10 heteroatoms. The van der Waals surface area contributed by atoms with Gasteiger partial charge in [0.25, 0.3) is 0 Å². The molecule has 0 saturated heterocycles. The van der Waals surface area contributed by atoms with Crippen LogP contribution in [-0.2, 0) is 16.5 Å². The molecular weight excluding hydrogens is 386 g/mol. The van der Waals surface area contributed by atoms with E-state index < -0.39 is 33.6 Å². The number of hydrogen-bond donors (Lipinski definition) is 1. The van der Waals surface area contributed by atoms with Crippen molar-refractivity contribution in [2.24, 2.45) is 0 Å². The molecule has 0 unspecified atom stereocenters. The maximum Gasteiger partial charge on any atom is 0.437 e. The summed E-state index contributed by atoms with van der Waals surface area (Å²) in [4.78, 5) is 0. The van der Waals surface area contributed by atoms with E-state index >= 15 is 0 Å². The van der Waals surface area contributed by atoms with Crippen LogP contribution in [0.2, 0.25) is 0 Å². The summed E-state index contributed by atoms with van der Waals surface area (Å²) in [5.41, 5.74) is 0.759. The predicted molar refractivity (Wildman–Crippen MR) is 84.7 cm³/mol. The molecule has 0 aliphatic rings. The Labute approximate surface area is 148 Å². The second kappa shape index (κ2) is 7.03. The van der Waals surface area contributed by atoms with Crippen LogP contribution < -0.4 is 0 Å². The third-order valence-electron chi connectivity index (χ3n) is 3.95. The zero-order chi connectivity index (χ0) is 20.7. The van der Waals surface area contributed by atoms with Crippen molar-refractivity contribution in [3.63, 3.8) is 0 Å². The second-order valence-corrected chi connectivity index (χ2v) is 8.23. The van der Waals surface area contributed by atoms with Gasteiger partial charge in [0, 0.05) is 6.42 Å². The van der Waals surface area contributed by atoms with Crippen molar-refractivity contribution in [2.75, 3.05) is 0 Å². The van der Waals surface area contributed by atoms with Crippen LogP contribution in [0.15, 0.2) is 18.2 Å². The molecule has 150 valence electrons. The lowest BCUT2D eigenvalue weighted by atomic mass is 9.90. The van der Waals surface area contributed by atoms with E-state index in [4.69, 9.17) is 4.55 Å². The summed E-state index contributed by atoms with van der Waals surface area (Å²) >= 11 is 0. The van der Waals surface area contributed by atoms with Gasteiger partial charge >= 0.3 is 27.2 Å². The van der Waals surface area contributed by atoms with Crippen molar-refractivity contribution in [1.29, 1.82) is 0 Å². The third kappa shape index (κ3) is 4.16. The Morgan fingerprint density at radius 1 is 0.885 bits per heavy atom. The van der Waals surface area contributed by atoms with Crippen molar-refractivity contribution in [3.8, 4) is 0 Å². The van der Waals surface area contributed by atoms with Crippen molar-refractivity contribution in [1.82, 2.24) is 0 Å². The van der Waals surface area contributed by atoms with Crippen molar-refractivity contribution in [2.45, 2.75) is 63.1 Å². The Bertz CT molecular complexity index is 731. The fourth-order valence-corrected chi connectivity index (χ4v) is 2.73. The van der Waals surface area contributed by atoms with Crippen molar-refractivity contribution in [3.05, 3.63) is 34.9 Å². The summed E-state index contributed by atoms with van der Waals surface area (Å²) in [7, 11) is -6.74. The first kappa shape index (κ1) is 22.8. The number of halogens is 6. The van der Waals surface area contributed by atoms with Gasteiger partial charge in [-0.05, 0) is 28.5 Å². The molecule has 3 nitrogen and oxygen atoms in total. The van der Waals surface area contributed by atoms with Gasteiger partial charge in [0.1, 0.15) is 0 Å². The summed E-state index contributed by atoms with van der Waals surface area (Å²) in [5, 5.41) is -6.33. The zero-order valence-electron chi connectivity index (χ0n) is 14.5. The molecule has 0 spiro atoms. The smallest absolute Gasteiger partial charge is 0.281 e. The van der Waals surface area contributed by atoms with Crippen LogP contribution >= 0.6 is 0 Å². The van der Waals surface area contributed by atoms with Crippen LogP contribution in [0.4, 0.5) is 26.3 Å². The maximum atomic E-state index is 14.0. The number of hydrogen-bond acceptors (Lipinski definition) is 2. The Kier molecular flexibility index (Phi) is 6.15. The van der Waals surface area contributed by atoms with Gasteiger partial charge in [0.05, 0.1) is 0 Å². The third-order valence-corrected chi connectivity index (χ3v) is 4.85. The molecule has 26 heavy (non-hydrogen) atoms. The minimum Gasteiger partial charge on any atom is -0.281 e. The number of benzene rings is 1. The predicted octanol–water partition coefficient (Wildman–Crippen LogP) is 5.23. The Balaban J connectivity index is 3.40. The van der Waals surface area contributed by atoms with E-state index in [0.717, 1.165) is 0 Å². The molecule has 0 aromatic heterocycles. The number of rotatable bonds is 7. The molecule has 0 bridgehead atoms. The van der Waals surface area contributed by atoms with Crippen molar-refractivity contribution >= 4 is 10.1 Å². The van der Waals surface area contributed by atoms with Gasteiger partial charge in [0.2, 0.25) is 0 Å². The Morgan fingerprint density at radius 2 is 1.27 bits per heavy atom. The van der Waals surface area contributed by atoms with E-state index in [2.05, 4.69) is 0 Å². The lowest BCUT2D eigenvalue weighted by Gasteiger charge is -2.31. The summed E-state index contributed by atoms with van der Waals surface area (Å²) in [6.45, 7) is 6.95. The SMILES string of the molecule is CC(C)c1cc(CC(F)(F)C(F)(F)C(F)(F)S(=O)(=O)O)cc(C(C)C)c1. The van der Waals surface area contributed by atoms with Gasteiger partial charge < -0.3 is 0 Å². The van der Waals surface area contributed by atoms with Gasteiger partial charge in [-0.15, -0.1) is 0 Å². The molecule has 0 atom stereocenters. The van der Waals surface area contributed by atoms with Gasteiger partial charge in [-0.2, -0.15) is 34.8 Å². The van der Waals surface area contributed by atoms with Crippen LogP contribution in [-0.4, -0.2) is 30.1 Å². The Hall–Kier alpha value is -1.29. The lowest BCUT2D eigenvalue weighted by Crippen LogP contribution is -2.58. The zero-order valence-corrected chi connectivity index (χ0v) is 15.4. The summed E-state index contributed by atoms with van der Waals surface area (Å²) in [6, 6.07) is 4.07. The molecule has 0 aliphatic carbocycles. The van der Waals surface area contributed by atoms with Crippen LogP contribution in [0.1, 0.15) is 56.2 Å². The summed E-state index contributed by atoms with van der Waals surface area (Å²) in [6.07, 6.45) is -1.81. The highest BCUT2D eigenvalue weighted by molar-refractivity contribution is 7.87. The average Bonchev–Trinajstić information content (AvgIpc) is 2.44. The second-order valence-electron chi connectivity index (χ2n) is 6.76. The van der Waals surface area contributed by atoms with E-state index in [1.165, 1.54) is 12.1 Å². The highest BCUT2D eigenvalue weighted by Gasteiger charge is 2.77. The first-order valence-corrected chi connectivity index (χ1v) is 9.12. The molecule has 0 aliphatic heterocycles. The van der Waals surface area contributed by atoms with Gasteiger partial charge in [-0.1, -0.05) is 45.9 Å². The lowest BCUT2D eigenvalue weighted by molar-refractivity contribution is -0.279. The summed E-state index contributed by atoms with van der Waals surface area (Å²) in [5.74, 6) is -12.0. The first-order chi connectivity index (χ1) is 11.4. The van der Waals surface area contributed by atoms with Gasteiger partial charge in [0.15, 0.2) is 0 Å². The van der Waals surface area contributed by atoms with Gasteiger partial charge in [-0.25, -0.2) is 0 Å². The standard InChI is InChI=1S/C16H20F6O3S/c1-9(2)12-5-11(6-13(7-12)10(3)4)8-14(17,18)15(19,20)16(21,22)26(23,24)25/h5-7,9-10H,8H2,1-4H3,(H,23,24,25). The highest BCUT2D eigenvalue weighted by atomic mass is 32.2. The molecule has 0 amide bonds. The maximum absolute atomic E-state index is 14.0. The largest absolute Gasteiger partial charge is 0.437 e. The molecule has 1 rings (SSSR count). The Morgan fingerprint density at radius 3 is 1.58 bits per heavy atom. The molecule has 1 aromatic rings. The first-order valence-electron chi connectivity index (χ1n) is 7.68. The molecule has 0 saturated carbocycles. The molecule has 0 radical (unpaired) electrons. The topological polar surface area (TPSA) is 54.4 Å². The van der Waals surface area contributed by atoms with Crippen LogP contribution in [0.3, 0.4) is 0 Å². The van der Waals surface area contributed by atoms with Crippen molar-refractivity contribution < 1.29 is 39.3 Å². The normalized spacial score (nSPS) is 14.3. The van der Waals surface area contributed by atoms with E-state index in [1.54, 1.807) is 33.8 Å². The molecular formula is C16H20F6O3S. The van der Waals surface area contributed by atoms with E-state index in [0.29, 0.717) is 11.1 Å². The minimum atomic E-state index is -6.74. The monoisotopic (exact) mass is 406 g/mol. The molecule has 1 aromatic carbocycles. The molecule has 0 heterocycles. The van der Waals surface area contributed by atoms with Crippen LogP contribution in [0.5, 0.6) is 0 Å². The van der Waals surface area contributed by atoms with E-state index in [9.17, 15) is 34.8 Å². The summed E-state index contributed by atoms with van der Waals surface area (Å²) < 4.78 is 111. The van der Waals surface area contributed by atoms with E-state index in [1.807, 2.05) is 0 Å². The molecule has 1 N–H and O–H groups in total. The van der Waals surface area contributed by atoms with Gasteiger partial charge in [-0.3, -0.25) is 4.55 Å². The number of alkyl halides is 6. The minimum absolute atomic E-state index is 0.138. The van der Waals surface area contributed by atoms with E-state index in [-0.39, 0.29) is 17.4 Å².